The van der Waals surface area contributed by atoms with Gasteiger partial charge in [-0.2, -0.15) is 0 Å². The van der Waals surface area contributed by atoms with E-state index in [2.05, 4.69) is 58.1 Å². The summed E-state index contributed by atoms with van der Waals surface area (Å²) in [6.07, 6.45) is 6.94. The smallest absolute Gasteiger partial charge is 0.125 e. The second kappa shape index (κ2) is 10.1. The Morgan fingerprint density at radius 3 is 2.58 bits per heavy atom. The fourth-order valence-corrected chi connectivity index (χ4v) is 6.43. The van der Waals surface area contributed by atoms with Gasteiger partial charge in [-0.25, -0.2) is 9.97 Å². The third-order valence-corrected chi connectivity index (χ3v) is 8.36. The summed E-state index contributed by atoms with van der Waals surface area (Å²) in [5, 5.41) is 1.76. The Labute approximate surface area is 220 Å². The average molecular weight is 514 g/mol. The number of fused-ring (bicyclic) bond motifs is 1. The first kappa shape index (κ1) is 23.3. The largest absolute Gasteiger partial charge is 0.488 e. The van der Waals surface area contributed by atoms with Crippen LogP contribution in [0.5, 0.6) is 5.75 Å². The summed E-state index contributed by atoms with van der Waals surface area (Å²) in [5.41, 5.74) is 5.71. The van der Waals surface area contributed by atoms with Crippen molar-refractivity contribution in [2.45, 2.75) is 51.2 Å². The fraction of sp³-hybridized carbons (Fsp3) is 0.267. The van der Waals surface area contributed by atoms with Crippen LogP contribution >= 0.6 is 22.9 Å². The first-order valence-corrected chi connectivity index (χ1v) is 13.7. The minimum Gasteiger partial charge on any atom is -0.488 e. The van der Waals surface area contributed by atoms with Crippen molar-refractivity contribution in [3.63, 3.8) is 0 Å². The summed E-state index contributed by atoms with van der Waals surface area (Å²) in [6.45, 7) is 2.53. The third kappa shape index (κ3) is 4.65. The second-order valence-corrected chi connectivity index (χ2v) is 11.2. The predicted molar refractivity (Wildman–Crippen MR) is 148 cm³/mol. The van der Waals surface area contributed by atoms with Crippen LogP contribution in [0.2, 0.25) is 5.02 Å². The van der Waals surface area contributed by atoms with Gasteiger partial charge in [0, 0.05) is 22.5 Å². The number of thiazole rings is 1. The molecule has 0 spiro atoms. The summed E-state index contributed by atoms with van der Waals surface area (Å²) in [4.78, 5) is 10.5. The van der Waals surface area contributed by atoms with Crippen LogP contribution in [0.25, 0.3) is 22.3 Å². The van der Waals surface area contributed by atoms with E-state index in [1.807, 2.05) is 37.5 Å². The summed E-state index contributed by atoms with van der Waals surface area (Å²) in [5.74, 6) is 1.36. The van der Waals surface area contributed by atoms with Crippen LogP contribution in [0.3, 0.4) is 0 Å². The van der Waals surface area contributed by atoms with Crippen molar-refractivity contribution in [2.75, 3.05) is 0 Å². The number of aryl methyl sites for hydroxylation is 1. The molecule has 0 radical (unpaired) electrons. The molecule has 0 aliphatic heterocycles. The molecule has 6 heteroatoms. The van der Waals surface area contributed by atoms with E-state index in [0.29, 0.717) is 18.6 Å². The predicted octanol–water partition coefficient (Wildman–Crippen LogP) is 8.60. The van der Waals surface area contributed by atoms with Gasteiger partial charge in [0.15, 0.2) is 0 Å². The zero-order valence-corrected chi connectivity index (χ0v) is 21.8. The maximum atomic E-state index is 6.22. The van der Waals surface area contributed by atoms with Gasteiger partial charge in [0.1, 0.15) is 12.4 Å². The Bertz CT molecular complexity index is 1470. The number of hydrogen-bond acceptors (Lipinski definition) is 4. The van der Waals surface area contributed by atoms with E-state index in [0.717, 1.165) is 37.4 Å². The van der Waals surface area contributed by atoms with E-state index in [9.17, 15) is 0 Å². The topological polar surface area (TPSA) is 39.9 Å². The number of benzene rings is 3. The van der Waals surface area contributed by atoms with E-state index in [4.69, 9.17) is 21.3 Å². The van der Waals surface area contributed by atoms with E-state index >= 15 is 0 Å². The number of nitrogens with zero attached hydrogens (tertiary/aromatic N) is 3. The molecule has 6 rings (SSSR count). The number of halogens is 1. The molecule has 2 heterocycles. The molecule has 0 amide bonds. The SMILES string of the molecule is Cc1nc(-c2ccc(Cl)cc2)c(COc2ccc(C3CCCCC3n3cnc4ccccc43)cc2)s1. The van der Waals surface area contributed by atoms with Gasteiger partial charge >= 0.3 is 0 Å². The van der Waals surface area contributed by atoms with Crippen LogP contribution in [0.4, 0.5) is 0 Å². The van der Waals surface area contributed by atoms with Crippen molar-refractivity contribution in [3.8, 4) is 17.0 Å². The van der Waals surface area contributed by atoms with Gasteiger partial charge in [-0.15, -0.1) is 11.3 Å². The number of ether oxygens (including phenoxy) is 1. The molecule has 2 unspecified atom stereocenters. The van der Waals surface area contributed by atoms with Gasteiger partial charge < -0.3 is 9.30 Å². The molecule has 1 aliphatic rings. The van der Waals surface area contributed by atoms with Gasteiger partial charge in [-0.3, -0.25) is 0 Å². The molecule has 0 saturated heterocycles. The monoisotopic (exact) mass is 513 g/mol. The number of aromatic nitrogens is 3. The molecule has 1 saturated carbocycles. The lowest BCUT2D eigenvalue weighted by Crippen LogP contribution is -2.21. The summed E-state index contributed by atoms with van der Waals surface area (Å²) in [7, 11) is 0. The van der Waals surface area contributed by atoms with E-state index < -0.39 is 0 Å². The first-order valence-electron chi connectivity index (χ1n) is 12.5. The highest BCUT2D eigenvalue weighted by Crippen LogP contribution is 2.42. The summed E-state index contributed by atoms with van der Waals surface area (Å²) >= 11 is 7.75. The van der Waals surface area contributed by atoms with Gasteiger partial charge in [-0.1, -0.05) is 60.8 Å². The highest BCUT2D eigenvalue weighted by Gasteiger charge is 2.29. The fourth-order valence-electron chi connectivity index (χ4n) is 5.44. The lowest BCUT2D eigenvalue weighted by molar-refractivity contribution is 0.305. The minimum absolute atomic E-state index is 0.431. The molecule has 4 nitrogen and oxygen atoms in total. The van der Waals surface area contributed by atoms with Gasteiger partial charge in [-0.05, 0) is 61.7 Å². The molecule has 0 N–H and O–H groups in total. The molecular weight excluding hydrogens is 486 g/mol. The van der Waals surface area contributed by atoms with Crippen molar-refractivity contribution >= 4 is 34.0 Å². The highest BCUT2D eigenvalue weighted by molar-refractivity contribution is 7.12. The van der Waals surface area contributed by atoms with E-state index in [1.165, 1.54) is 36.8 Å². The molecule has 2 aromatic heterocycles. The molecule has 3 aromatic carbocycles. The van der Waals surface area contributed by atoms with Gasteiger partial charge in [0.25, 0.3) is 0 Å². The first-order chi connectivity index (χ1) is 17.7. The van der Waals surface area contributed by atoms with Crippen molar-refractivity contribution < 1.29 is 4.74 Å². The Morgan fingerprint density at radius 2 is 1.75 bits per heavy atom. The van der Waals surface area contributed by atoms with Gasteiger partial charge in [0.2, 0.25) is 0 Å². The van der Waals surface area contributed by atoms with Crippen LogP contribution in [0, 0.1) is 6.92 Å². The Balaban J connectivity index is 1.19. The molecule has 0 bridgehead atoms. The van der Waals surface area contributed by atoms with Crippen molar-refractivity contribution in [3.05, 3.63) is 99.6 Å². The summed E-state index contributed by atoms with van der Waals surface area (Å²) < 4.78 is 8.62. The maximum Gasteiger partial charge on any atom is 0.125 e. The highest BCUT2D eigenvalue weighted by atomic mass is 35.5. The van der Waals surface area contributed by atoms with Crippen LogP contribution in [-0.2, 0) is 6.61 Å². The second-order valence-electron chi connectivity index (χ2n) is 9.47. The lowest BCUT2D eigenvalue weighted by atomic mass is 9.79. The molecule has 1 fully saturated rings. The Hall–Kier alpha value is -3.15. The summed E-state index contributed by atoms with van der Waals surface area (Å²) in [6, 6.07) is 25.4. The average Bonchev–Trinajstić information content (AvgIpc) is 3.51. The van der Waals surface area contributed by atoms with E-state index in [1.54, 1.807) is 11.3 Å². The molecule has 1 aliphatic carbocycles. The Kier molecular flexibility index (Phi) is 6.51. The lowest BCUT2D eigenvalue weighted by Gasteiger charge is -2.33. The van der Waals surface area contributed by atoms with Gasteiger partial charge in [0.05, 0.1) is 32.9 Å². The van der Waals surface area contributed by atoms with Crippen molar-refractivity contribution in [2.24, 2.45) is 0 Å². The molecule has 2 atom stereocenters. The van der Waals surface area contributed by atoms with Crippen LogP contribution in [0.1, 0.15) is 53.1 Å². The number of hydrogen-bond donors (Lipinski definition) is 0. The normalized spacial score (nSPS) is 17.9. The standard InChI is InChI=1S/C30H28ClN3OS/c1-20-33-30(22-10-14-23(31)15-11-22)29(36-20)18-35-24-16-12-21(13-17-24)25-6-2-4-8-27(25)34-19-32-26-7-3-5-9-28(26)34/h3,5,7,9-17,19,25,27H,2,4,6,8,18H2,1H3. The van der Waals surface area contributed by atoms with Crippen LogP contribution in [0.15, 0.2) is 79.1 Å². The quantitative estimate of drug-likeness (QED) is 0.228. The minimum atomic E-state index is 0.431. The van der Waals surface area contributed by atoms with E-state index in [-0.39, 0.29) is 0 Å². The molecule has 182 valence electrons. The van der Waals surface area contributed by atoms with Crippen molar-refractivity contribution in [1.29, 1.82) is 0 Å². The molecule has 5 aromatic rings. The molecule has 36 heavy (non-hydrogen) atoms. The number of rotatable bonds is 6. The van der Waals surface area contributed by atoms with Crippen LogP contribution in [-0.4, -0.2) is 14.5 Å². The van der Waals surface area contributed by atoms with Crippen molar-refractivity contribution in [1.82, 2.24) is 14.5 Å². The Morgan fingerprint density at radius 1 is 0.972 bits per heavy atom. The number of imidazole rings is 1. The number of para-hydroxylation sites is 2. The third-order valence-electron chi connectivity index (χ3n) is 7.17. The maximum absolute atomic E-state index is 6.22. The zero-order valence-electron chi connectivity index (χ0n) is 20.2. The molecular formula is C30H28ClN3OS. The van der Waals surface area contributed by atoms with Crippen LogP contribution < -0.4 is 4.74 Å². The zero-order chi connectivity index (χ0) is 24.5.